The van der Waals surface area contributed by atoms with Crippen LogP contribution in [-0.4, -0.2) is 34.8 Å². The molecule has 0 fully saturated rings. The van der Waals surface area contributed by atoms with Gasteiger partial charge < -0.3 is 4.74 Å². The number of fused-ring (bicyclic) bond motifs is 1. The molecule has 0 saturated heterocycles. The molecule has 2 aromatic carbocycles. The topological polar surface area (TPSA) is 72.3 Å². The van der Waals surface area contributed by atoms with E-state index in [9.17, 15) is 4.79 Å². The normalized spacial score (nSPS) is 10.9. The third kappa shape index (κ3) is 3.85. The van der Waals surface area contributed by atoms with Gasteiger partial charge in [-0.15, -0.1) is 0 Å². The molecule has 0 aliphatic rings. The van der Waals surface area contributed by atoms with Crippen LogP contribution in [0, 0.1) is 0 Å². The van der Waals surface area contributed by atoms with E-state index in [0.29, 0.717) is 16.3 Å². The summed E-state index contributed by atoms with van der Waals surface area (Å²) in [5.74, 6) is -0.277. The molecule has 0 bridgehead atoms. The third-order valence-electron chi connectivity index (χ3n) is 4.72. The quantitative estimate of drug-likeness (QED) is 0.476. The van der Waals surface area contributed by atoms with Crippen molar-refractivity contribution in [3.05, 3.63) is 83.3 Å². The van der Waals surface area contributed by atoms with Crippen molar-refractivity contribution in [2.75, 3.05) is 19.2 Å². The van der Waals surface area contributed by atoms with E-state index in [-0.39, 0.29) is 12.5 Å². The van der Waals surface area contributed by atoms with Crippen molar-refractivity contribution in [3.63, 3.8) is 0 Å². The van der Waals surface area contributed by atoms with Gasteiger partial charge in [0.15, 0.2) is 0 Å². The Morgan fingerprint density at radius 1 is 1.20 bits per heavy atom. The van der Waals surface area contributed by atoms with Crippen molar-refractivity contribution in [3.8, 4) is 5.69 Å². The molecule has 8 heteroatoms. The lowest BCUT2D eigenvalue weighted by Crippen LogP contribution is -2.39. The minimum Gasteiger partial charge on any atom is -0.378 e. The standard InChI is InChI=1S/C22H20ClN5O2/c1-27(16-6-4-3-5-7-16)26-22(29)18-13-25-28(21(18)14-30-2)20-10-11-24-19-12-15(23)8-9-17(19)20/h3-13H,14H2,1-2H3,(H,26,29). The van der Waals surface area contributed by atoms with Crippen LogP contribution in [0.5, 0.6) is 0 Å². The number of aromatic nitrogens is 3. The van der Waals surface area contributed by atoms with E-state index in [1.807, 2.05) is 42.5 Å². The van der Waals surface area contributed by atoms with Crippen molar-refractivity contribution >= 4 is 34.1 Å². The Balaban J connectivity index is 1.71. The zero-order valence-corrected chi connectivity index (χ0v) is 17.3. The minimum absolute atomic E-state index is 0.217. The summed E-state index contributed by atoms with van der Waals surface area (Å²) in [5.41, 5.74) is 6.34. The Labute approximate surface area is 178 Å². The Bertz CT molecular complexity index is 1190. The van der Waals surface area contributed by atoms with Gasteiger partial charge in [0, 0.05) is 30.8 Å². The van der Waals surface area contributed by atoms with Gasteiger partial charge in [0.05, 0.1) is 41.0 Å². The number of benzene rings is 2. The molecule has 1 amide bonds. The highest BCUT2D eigenvalue weighted by Crippen LogP contribution is 2.25. The molecule has 0 saturated carbocycles. The van der Waals surface area contributed by atoms with Gasteiger partial charge in [-0.25, -0.2) is 4.68 Å². The lowest BCUT2D eigenvalue weighted by Gasteiger charge is -2.20. The number of amides is 1. The summed E-state index contributed by atoms with van der Waals surface area (Å²) in [6, 6.07) is 16.9. The molecule has 30 heavy (non-hydrogen) atoms. The van der Waals surface area contributed by atoms with Crippen LogP contribution in [0.1, 0.15) is 16.1 Å². The number of hydrazine groups is 1. The Hall–Kier alpha value is -3.42. The predicted octanol–water partition coefficient (Wildman–Crippen LogP) is 4.00. The number of methoxy groups -OCH3 is 1. The number of anilines is 1. The maximum absolute atomic E-state index is 13.0. The minimum atomic E-state index is -0.277. The molecule has 0 aliphatic carbocycles. The fourth-order valence-corrected chi connectivity index (χ4v) is 3.43. The third-order valence-corrected chi connectivity index (χ3v) is 4.95. The maximum atomic E-state index is 13.0. The first kappa shape index (κ1) is 19.9. The number of rotatable bonds is 6. The first-order valence-electron chi connectivity index (χ1n) is 9.28. The molecule has 1 N–H and O–H groups in total. The van der Waals surface area contributed by atoms with E-state index in [1.165, 1.54) is 0 Å². The lowest BCUT2D eigenvalue weighted by atomic mass is 10.1. The van der Waals surface area contributed by atoms with Crippen LogP contribution in [0.2, 0.25) is 5.02 Å². The average molecular weight is 422 g/mol. The molecule has 0 atom stereocenters. The second kappa shape index (κ2) is 8.52. The number of pyridine rings is 1. The summed E-state index contributed by atoms with van der Waals surface area (Å²) < 4.78 is 7.08. The van der Waals surface area contributed by atoms with E-state index >= 15 is 0 Å². The highest BCUT2D eigenvalue weighted by molar-refractivity contribution is 6.31. The zero-order valence-electron chi connectivity index (χ0n) is 16.5. The Kier molecular flexibility index (Phi) is 5.65. The molecule has 7 nitrogen and oxygen atoms in total. The zero-order chi connectivity index (χ0) is 21.1. The van der Waals surface area contributed by atoms with Crippen LogP contribution < -0.4 is 10.4 Å². The van der Waals surface area contributed by atoms with E-state index in [0.717, 1.165) is 22.3 Å². The number of nitrogens with zero attached hydrogens (tertiary/aromatic N) is 4. The number of ether oxygens (including phenoxy) is 1. The monoisotopic (exact) mass is 421 g/mol. The highest BCUT2D eigenvalue weighted by Gasteiger charge is 2.20. The van der Waals surface area contributed by atoms with Gasteiger partial charge in [-0.3, -0.25) is 20.2 Å². The molecule has 2 heterocycles. The summed E-state index contributed by atoms with van der Waals surface area (Å²) in [7, 11) is 3.37. The molecule has 0 aliphatic heterocycles. The fourth-order valence-electron chi connectivity index (χ4n) is 3.27. The van der Waals surface area contributed by atoms with E-state index < -0.39 is 0 Å². The van der Waals surface area contributed by atoms with Crippen LogP contribution in [0.25, 0.3) is 16.6 Å². The smallest absolute Gasteiger partial charge is 0.273 e. The summed E-state index contributed by atoms with van der Waals surface area (Å²) in [6.07, 6.45) is 3.24. The van der Waals surface area contributed by atoms with Crippen LogP contribution in [-0.2, 0) is 11.3 Å². The number of carbonyl (C=O) groups is 1. The second-order valence-corrected chi connectivity index (χ2v) is 7.11. The van der Waals surface area contributed by atoms with E-state index in [2.05, 4.69) is 15.5 Å². The van der Waals surface area contributed by atoms with E-state index in [4.69, 9.17) is 16.3 Å². The van der Waals surface area contributed by atoms with Gasteiger partial charge in [-0.05, 0) is 36.4 Å². The van der Waals surface area contributed by atoms with Crippen molar-refractivity contribution in [2.24, 2.45) is 0 Å². The van der Waals surface area contributed by atoms with Crippen LogP contribution in [0.3, 0.4) is 0 Å². The first-order valence-corrected chi connectivity index (χ1v) is 9.66. The number of nitrogens with one attached hydrogen (secondary N) is 1. The molecule has 4 rings (SSSR count). The van der Waals surface area contributed by atoms with Gasteiger partial charge in [0.1, 0.15) is 0 Å². The molecule has 2 aromatic heterocycles. The highest BCUT2D eigenvalue weighted by atomic mass is 35.5. The molecular formula is C22H20ClN5O2. The first-order chi connectivity index (χ1) is 14.6. The van der Waals surface area contributed by atoms with E-state index in [1.54, 1.807) is 48.4 Å². The van der Waals surface area contributed by atoms with Crippen LogP contribution >= 0.6 is 11.6 Å². The molecule has 0 unspecified atom stereocenters. The summed E-state index contributed by atoms with van der Waals surface area (Å²) in [4.78, 5) is 17.4. The lowest BCUT2D eigenvalue weighted by molar-refractivity contribution is 0.0946. The summed E-state index contributed by atoms with van der Waals surface area (Å²) in [5, 5.41) is 7.62. The van der Waals surface area contributed by atoms with Crippen molar-refractivity contribution in [1.29, 1.82) is 0 Å². The Morgan fingerprint density at radius 2 is 2.00 bits per heavy atom. The molecule has 0 spiro atoms. The SMILES string of the molecule is COCc1c(C(=O)NN(C)c2ccccc2)cnn1-c1ccnc2cc(Cl)ccc12. The molecule has 4 aromatic rings. The second-order valence-electron chi connectivity index (χ2n) is 6.68. The number of hydrogen-bond acceptors (Lipinski definition) is 5. The predicted molar refractivity (Wildman–Crippen MR) is 117 cm³/mol. The van der Waals surface area contributed by atoms with Crippen LogP contribution in [0.4, 0.5) is 5.69 Å². The number of carbonyl (C=O) groups excluding carboxylic acids is 1. The van der Waals surface area contributed by atoms with Crippen molar-refractivity contribution in [2.45, 2.75) is 6.61 Å². The molecule has 152 valence electrons. The average Bonchev–Trinajstić information content (AvgIpc) is 3.17. The molecule has 0 radical (unpaired) electrons. The van der Waals surface area contributed by atoms with Gasteiger partial charge in [-0.1, -0.05) is 29.8 Å². The van der Waals surface area contributed by atoms with Crippen LogP contribution in [0.15, 0.2) is 67.0 Å². The largest absolute Gasteiger partial charge is 0.378 e. The Morgan fingerprint density at radius 3 is 2.77 bits per heavy atom. The number of halogens is 1. The summed E-state index contributed by atoms with van der Waals surface area (Å²) in [6.45, 7) is 0.217. The molecular weight excluding hydrogens is 402 g/mol. The van der Waals surface area contributed by atoms with Gasteiger partial charge in [0.2, 0.25) is 0 Å². The maximum Gasteiger partial charge on any atom is 0.273 e. The number of para-hydroxylation sites is 1. The fraction of sp³-hybridized carbons (Fsp3) is 0.136. The van der Waals surface area contributed by atoms with Gasteiger partial charge in [0.25, 0.3) is 5.91 Å². The number of hydrogen-bond donors (Lipinski definition) is 1. The van der Waals surface area contributed by atoms with Crippen molar-refractivity contribution in [1.82, 2.24) is 20.2 Å². The van der Waals surface area contributed by atoms with Gasteiger partial charge >= 0.3 is 0 Å². The van der Waals surface area contributed by atoms with Crippen molar-refractivity contribution < 1.29 is 9.53 Å². The summed E-state index contributed by atoms with van der Waals surface area (Å²) >= 11 is 6.10. The van der Waals surface area contributed by atoms with Gasteiger partial charge in [-0.2, -0.15) is 5.10 Å².